The number of benzene rings is 2. The average Bonchev–Trinajstić information content (AvgIpc) is 2.58. The maximum Gasteiger partial charge on any atom is 0.0406 e. The fraction of sp³-hybridized carbons (Fsp3) is 0.400. The molecule has 0 spiro atoms. The second-order valence-corrected chi connectivity index (χ2v) is 6.58. The molecule has 23 heavy (non-hydrogen) atoms. The van der Waals surface area contributed by atoms with Gasteiger partial charge in [-0.3, -0.25) is 4.90 Å². The van der Waals surface area contributed by atoms with Crippen LogP contribution in [0.3, 0.4) is 0 Å². The molecule has 122 valence electrons. The van der Waals surface area contributed by atoms with E-state index >= 15 is 0 Å². The molecular formula is C20H27N3. The molecule has 0 atom stereocenters. The molecule has 1 saturated heterocycles. The number of likely N-dealkylation sites (tertiary alicyclic amines) is 1. The van der Waals surface area contributed by atoms with Crippen LogP contribution in [0.15, 0.2) is 54.6 Å². The van der Waals surface area contributed by atoms with E-state index in [1.807, 2.05) is 0 Å². The Balaban J connectivity index is 1.53. The molecule has 0 unspecified atom stereocenters. The van der Waals surface area contributed by atoms with Gasteiger partial charge in [0.15, 0.2) is 0 Å². The molecule has 3 heteroatoms. The molecule has 0 saturated carbocycles. The van der Waals surface area contributed by atoms with Gasteiger partial charge in [0.05, 0.1) is 0 Å². The number of anilines is 2. The summed E-state index contributed by atoms with van der Waals surface area (Å²) >= 11 is 0. The highest BCUT2D eigenvalue weighted by atomic mass is 15.1. The van der Waals surface area contributed by atoms with Crippen LogP contribution in [0.4, 0.5) is 11.4 Å². The number of rotatable bonds is 5. The van der Waals surface area contributed by atoms with Crippen molar-refractivity contribution in [1.82, 2.24) is 4.90 Å². The van der Waals surface area contributed by atoms with E-state index in [1.165, 1.54) is 29.8 Å². The minimum absolute atomic E-state index is 0.595. The molecule has 1 fully saturated rings. The average molecular weight is 309 g/mol. The van der Waals surface area contributed by atoms with Crippen LogP contribution in [0.2, 0.25) is 0 Å². The van der Waals surface area contributed by atoms with Crippen molar-refractivity contribution in [3.63, 3.8) is 0 Å². The van der Waals surface area contributed by atoms with E-state index in [-0.39, 0.29) is 0 Å². The van der Waals surface area contributed by atoms with E-state index in [9.17, 15) is 0 Å². The van der Waals surface area contributed by atoms with Crippen molar-refractivity contribution in [2.24, 2.45) is 0 Å². The normalized spacial score (nSPS) is 16.3. The van der Waals surface area contributed by atoms with Crippen LogP contribution in [0.25, 0.3) is 0 Å². The Morgan fingerprint density at radius 1 is 0.957 bits per heavy atom. The maximum atomic E-state index is 3.66. The maximum absolute atomic E-state index is 3.66. The molecule has 0 radical (unpaired) electrons. The Morgan fingerprint density at radius 2 is 1.61 bits per heavy atom. The smallest absolute Gasteiger partial charge is 0.0406 e. The number of para-hydroxylation sites is 2. The van der Waals surface area contributed by atoms with Gasteiger partial charge in [0, 0.05) is 51.1 Å². The number of nitrogens with one attached hydrogen (secondary N) is 1. The highest BCUT2D eigenvalue weighted by molar-refractivity contribution is 5.52. The Morgan fingerprint density at radius 3 is 2.30 bits per heavy atom. The Kier molecular flexibility index (Phi) is 5.19. The van der Waals surface area contributed by atoms with Crippen molar-refractivity contribution in [1.29, 1.82) is 0 Å². The third kappa shape index (κ3) is 4.26. The van der Waals surface area contributed by atoms with Crippen molar-refractivity contribution >= 4 is 11.4 Å². The third-order valence-electron chi connectivity index (χ3n) is 4.60. The molecule has 1 aliphatic rings. The minimum Gasteiger partial charge on any atom is -0.382 e. The number of hydrogen-bond donors (Lipinski definition) is 1. The molecule has 0 aromatic heterocycles. The van der Waals surface area contributed by atoms with Crippen LogP contribution in [0.5, 0.6) is 0 Å². The Hall–Kier alpha value is -2.00. The summed E-state index contributed by atoms with van der Waals surface area (Å²) in [5, 5.41) is 3.66. The van der Waals surface area contributed by atoms with Gasteiger partial charge in [-0.1, -0.05) is 36.4 Å². The molecular weight excluding hydrogens is 282 g/mol. The summed E-state index contributed by atoms with van der Waals surface area (Å²) in [6.45, 7) is 3.37. The first kappa shape index (κ1) is 15.9. The molecule has 2 aromatic carbocycles. The lowest BCUT2D eigenvalue weighted by Crippen LogP contribution is -2.38. The summed E-state index contributed by atoms with van der Waals surface area (Å²) in [5.41, 5.74) is 3.99. The van der Waals surface area contributed by atoms with Crippen LogP contribution < -0.4 is 10.2 Å². The van der Waals surface area contributed by atoms with Crippen LogP contribution in [-0.2, 0) is 6.54 Å². The van der Waals surface area contributed by atoms with Crippen molar-refractivity contribution in [2.45, 2.75) is 25.4 Å². The molecule has 2 aromatic rings. The molecule has 3 rings (SSSR count). The summed E-state index contributed by atoms with van der Waals surface area (Å²) in [7, 11) is 4.24. The highest BCUT2D eigenvalue weighted by Gasteiger charge is 2.19. The van der Waals surface area contributed by atoms with E-state index in [0.29, 0.717) is 6.04 Å². The second kappa shape index (κ2) is 7.51. The summed E-state index contributed by atoms with van der Waals surface area (Å²) in [6, 6.07) is 19.9. The number of nitrogens with zero attached hydrogens (tertiary/aromatic N) is 2. The van der Waals surface area contributed by atoms with Crippen LogP contribution >= 0.6 is 0 Å². The minimum atomic E-state index is 0.595. The fourth-order valence-corrected chi connectivity index (χ4v) is 3.33. The second-order valence-electron chi connectivity index (χ2n) is 6.58. The molecule has 3 nitrogen and oxygen atoms in total. The predicted molar refractivity (Wildman–Crippen MR) is 99.1 cm³/mol. The van der Waals surface area contributed by atoms with Gasteiger partial charge < -0.3 is 10.2 Å². The Bertz CT molecular complexity index is 601. The zero-order chi connectivity index (χ0) is 16.1. The highest BCUT2D eigenvalue weighted by Crippen LogP contribution is 2.22. The molecule has 1 heterocycles. The van der Waals surface area contributed by atoms with Gasteiger partial charge in [-0.25, -0.2) is 0 Å². The zero-order valence-corrected chi connectivity index (χ0v) is 14.2. The van der Waals surface area contributed by atoms with Gasteiger partial charge in [-0.15, -0.1) is 0 Å². The lowest BCUT2D eigenvalue weighted by atomic mass is 10.0. The van der Waals surface area contributed by atoms with Gasteiger partial charge in [0.2, 0.25) is 0 Å². The lowest BCUT2D eigenvalue weighted by molar-refractivity contribution is 0.211. The quantitative estimate of drug-likeness (QED) is 0.905. The third-order valence-corrected chi connectivity index (χ3v) is 4.60. The molecule has 0 bridgehead atoms. The van der Waals surface area contributed by atoms with Crippen molar-refractivity contribution < 1.29 is 0 Å². The van der Waals surface area contributed by atoms with Crippen molar-refractivity contribution in [2.75, 3.05) is 37.4 Å². The monoisotopic (exact) mass is 309 g/mol. The van der Waals surface area contributed by atoms with Gasteiger partial charge in [0.25, 0.3) is 0 Å². The summed E-state index contributed by atoms with van der Waals surface area (Å²) < 4.78 is 0. The molecule has 0 amide bonds. The van der Waals surface area contributed by atoms with Gasteiger partial charge in [0.1, 0.15) is 0 Å². The topological polar surface area (TPSA) is 18.5 Å². The SMILES string of the molecule is CN(C)c1ccccc1CN1CCC(Nc2ccccc2)CC1. The van der Waals surface area contributed by atoms with Crippen LogP contribution in [0, 0.1) is 0 Å². The zero-order valence-electron chi connectivity index (χ0n) is 14.2. The van der Waals surface area contributed by atoms with Crippen LogP contribution in [-0.4, -0.2) is 38.1 Å². The van der Waals surface area contributed by atoms with Gasteiger partial charge >= 0.3 is 0 Å². The van der Waals surface area contributed by atoms with Crippen LogP contribution in [0.1, 0.15) is 18.4 Å². The molecule has 1 N–H and O–H groups in total. The van der Waals surface area contributed by atoms with Gasteiger partial charge in [-0.05, 0) is 36.6 Å². The van der Waals surface area contributed by atoms with E-state index < -0.39 is 0 Å². The van der Waals surface area contributed by atoms with E-state index in [1.54, 1.807) is 0 Å². The van der Waals surface area contributed by atoms with Crippen molar-refractivity contribution in [3.05, 3.63) is 60.2 Å². The number of hydrogen-bond acceptors (Lipinski definition) is 3. The first-order chi connectivity index (χ1) is 11.2. The van der Waals surface area contributed by atoms with E-state index in [2.05, 4.69) is 83.8 Å². The first-order valence-electron chi connectivity index (χ1n) is 8.51. The molecule has 1 aliphatic heterocycles. The van der Waals surface area contributed by atoms with E-state index in [4.69, 9.17) is 0 Å². The number of piperidine rings is 1. The summed E-state index contributed by atoms with van der Waals surface area (Å²) in [6.07, 6.45) is 2.41. The fourth-order valence-electron chi connectivity index (χ4n) is 3.33. The largest absolute Gasteiger partial charge is 0.382 e. The van der Waals surface area contributed by atoms with E-state index in [0.717, 1.165) is 19.6 Å². The summed E-state index contributed by atoms with van der Waals surface area (Å²) in [4.78, 5) is 4.78. The first-order valence-corrected chi connectivity index (χ1v) is 8.51. The predicted octanol–water partition coefficient (Wildman–Crippen LogP) is 3.83. The summed E-state index contributed by atoms with van der Waals surface area (Å²) in [5.74, 6) is 0. The Labute approximate surface area is 139 Å². The van der Waals surface area contributed by atoms with Crippen molar-refractivity contribution in [3.8, 4) is 0 Å². The lowest BCUT2D eigenvalue weighted by Gasteiger charge is -2.33. The van der Waals surface area contributed by atoms with Gasteiger partial charge in [-0.2, -0.15) is 0 Å². The standard InChI is InChI=1S/C20H27N3/c1-22(2)20-11-7-6-8-17(20)16-23-14-12-19(13-15-23)21-18-9-4-3-5-10-18/h3-11,19,21H,12-16H2,1-2H3. The molecule has 0 aliphatic carbocycles.